The summed E-state index contributed by atoms with van der Waals surface area (Å²) < 4.78 is 11.5. The molecule has 3 nitrogen and oxygen atoms in total. The normalized spacial score (nSPS) is 12.0. The van der Waals surface area contributed by atoms with Gasteiger partial charge in [-0.15, -0.1) is 11.3 Å². The van der Waals surface area contributed by atoms with E-state index in [0.717, 1.165) is 50.2 Å². The van der Waals surface area contributed by atoms with Gasteiger partial charge in [0.1, 0.15) is 11.2 Å². The molecule has 8 aromatic carbocycles. The average Bonchev–Trinajstić information content (AvgIpc) is 3.85. The molecular weight excluding hydrogens is 629 g/mol. The van der Waals surface area contributed by atoms with E-state index in [2.05, 4.69) is 173 Å². The highest BCUT2D eigenvalue weighted by Crippen LogP contribution is 2.48. The van der Waals surface area contributed by atoms with E-state index in [0.29, 0.717) is 0 Å². The van der Waals surface area contributed by atoms with Crippen LogP contribution in [0.4, 0.5) is 17.1 Å². The zero-order valence-corrected chi connectivity index (χ0v) is 27.7. The van der Waals surface area contributed by atoms with E-state index < -0.39 is 0 Å². The minimum absolute atomic E-state index is 0.875. The van der Waals surface area contributed by atoms with Crippen molar-refractivity contribution < 1.29 is 4.42 Å². The van der Waals surface area contributed by atoms with Gasteiger partial charge in [0.25, 0.3) is 0 Å². The number of benzene rings is 8. The Labute approximate surface area is 291 Å². The molecule has 50 heavy (non-hydrogen) atoms. The van der Waals surface area contributed by atoms with Gasteiger partial charge in [0.2, 0.25) is 0 Å². The summed E-state index contributed by atoms with van der Waals surface area (Å²) in [5.74, 6) is 0. The van der Waals surface area contributed by atoms with Gasteiger partial charge in [0.05, 0.1) is 27.8 Å². The molecule has 11 rings (SSSR count). The van der Waals surface area contributed by atoms with E-state index in [4.69, 9.17) is 4.42 Å². The molecule has 3 aromatic heterocycles. The molecule has 0 aliphatic rings. The lowest BCUT2D eigenvalue weighted by molar-refractivity contribution is 0.669. The third-order valence-electron chi connectivity index (χ3n) is 10.2. The van der Waals surface area contributed by atoms with Gasteiger partial charge in [-0.25, -0.2) is 0 Å². The van der Waals surface area contributed by atoms with E-state index in [9.17, 15) is 0 Å². The van der Waals surface area contributed by atoms with E-state index >= 15 is 0 Å². The van der Waals surface area contributed by atoms with Crippen LogP contribution in [0.25, 0.3) is 80.4 Å². The highest BCUT2D eigenvalue weighted by molar-refractivity contribution is 7.26. The molecule has 0 amide bonds. The number of hydrogen-bond acceptors (Lipinski definition) is 3. The number of aromatic nitrogens is 1. The highest BCUT2D eigenvalue weighted by Gasteiger charge is 2.24. The van der Waals surface area contributed by atoms with Crippen LogP contribution in [-0.2, 0) is 0 Å². The van der Waals surface area contributed by atoms with E-state index in [1.165, 1.54) is 47.2 Å². The number of thiophene rings is 1. The monoisotopic (exact) mass is 656 g/mol. The summed E-state index contributed by atoms with van der Waals surface area (Å²) in [6.45, 7) is 0. The SMILES string of the molecule is c1ccc(-n2c3ccccc3c3c(N(c4ccc5ccc6sc7ccccc7c6c5c4)c4cccc5oc6ccccc6c45)cccc32)cc1. The molecule has 0 bridgehead atoms. The Balaban J connectivity index is 1.29. The molecule has 4 heteroatoms. The van der Waals surface area contributed by atoms with Crippen LogP contribution in [-0.4, -0.2) is 4.57 Å². The molecule has 0 saturated heterocycles. The van der Waals surface area contributed by atoms with Crippen molar-refractivity contribution in [2.45, 2.75) is 0 Å². The van der Waals surface area contributed by atoms with Crippen LogP contribution >= 0.6 is 11.3 Å². The average molecular weight is 657 g/mol. The third kappa shape index (κ3) is 3.91. The van der Waals surface area contributed by atoms with Crippen molar-refractivity contribution in [2.75, 3.05) is 4.90 Å². The van der Waals surface area contributed by atoms with Crippen LogP contribution in [0.5, 0.6) is 0 Å². The van der Waals surface area contributed by atoms with Crippen molar-refractivity contribution in [3.05, 3.63) is 170 Å². The van der Waals surface area contributed by atoms with Gasteiger partial charge in [-0.2, -0.15) is 0 Å². The fraction of sp³-hybridized carbons (Fsp3) is 0. The summed E-state index contributed by atoms with van der Waals surface area (Å²) in [4.78, 5) is 2.46. The molecule has 0 saturated carbocycles. The van der Waals surface area contributed by atoms with Crippen molar-refractivity contribution in [3.8, 4) is 5.69 Å². The van der Waals surface area contributed by atoms with Gasteiger partial charge in [0.15, 0.2) is 0 Å². The minimum Gasteiger partial charge on any atom is -0.456 e. The minimum atomic E-state index is 0.875. The Hall–Kier alpha value is -6.36. The maximum absolute atomic E-state index is 6.47. The number of hydrogen-bond donors (Lipinski definition) is 0. The first-order chi connectivity index (χ1) is 24.8. The van der Waals surface area contributed by atoms with Gasteiger partial charge >= 0.3 is 0 Å². The zero-order valence-electron chi connectivity index (χ0n) is 26.9. The predicted molar refractivity (Wildman–Crippen MR) is 213 cm³/mol. The lowest BCUT2D eigenvalue weighted by Gasteiger charge is -2.27. The molecule has 0 spiro atoms. The van der Waals surface area contributed by atoms with Gasteiger partial charge in [-0.1, -0.05) is 97.1 Å². The number of rotatable bonds is 4. The maximum atomic E-state index is 6.47. The highest BCUT2D eigenvalue weighted by atomic mass is 32.1. The Bertz CT molecular complexity index is 3110. The van der Waals surface area contributed by atoms with Gasteiger partial charge in [-0.05, 0) is 83.6 Å². The molecule has 0 N–H and O–H groups in total. The fourth-order valence-electron chi connectivity index (χ4n) is 8.06. The molecule has 0 fully saturated rings. The first kappa shape index (κ1) is 27.6. The van der Waals surface area contributed by atoms with Crippen LogP contribution in [0.2, 0.25) is 0 Å². The quantitative estimate of drug-likeness (QED) is 0.188. The zero-order chi connectivity index (χ0) is 32.8. The van der Waals surface area contributed by atoms with Crippen LogP contribution in [0.3, 0.4) is 0 Å². The Kier molecular flexibility index (Phi) is 5.83. The standard InChI is InChI=1S/C46H28N2OS/c1-2-12-30(13-3-1)47-36-17-7-4-14-32(36)45-37(47)18-10-19-38(45)48(39-20-11-22-41-46(39)33-15-5-8-21-40(33)49-41)31-26-24-29-25-27-43-44(35(29)28-31)34-16-6-9-23-42(34)50-43/h1-28H. The van der Waals surface area contributed by atoms with Gasteiger partial charge in [0, 0.05) is 47.7 Å². The number of nitrogens with zero attached hydrogens (tertiary/aromatic N) is 2. The van der Waals surface area contributed by atoms with E-state index in [-0.39, 0.29) is 0 Å². The summed E-state index contributed by atoms with van der Waals surface area (Å²) >= 11 is 1.86. The maximum Gasteiger partial charge on any atom is 0.137 e. The summed E-state index contributed by atoms with van der Waals surface area (Å²) in [6.07, 6.45) is 0. The number of anilines is 3. The summed E-state index contributed by atoms with van der Waals surface area (Å²) in [5, 5.41) is 9.73. The summed E-state index contributed by atoms with van der Waals surface area (Å²) in [6, 6.07) is 61.3. The summed E-state index contributed by atoms with van der Waals surface area (Å²) in [7, 11) is 0. The second-order valence-corrected chi connectivity index (χ2v) is 14.0. The third-order valence-corrected chi connectivity index (χ3v) is 11.3. The lowest BCUT2D eigenvalue weighted by atomic mass is 10.0. The predicted octanol–water partition coefficient (Wildman–Crippen LogP) is 13.7. The van der Waals surface area contributed by atoms with Crippen molar-refractivity contribution in [3.63, 3.8) is 0 Å². The number of furan rings is 1. The molecule has 11 aromatic rings. The van der Waals surface area contributed by atoms with Crippen LogP contribution in [0, 0.1) is 0 Å². The fourth-order valence-corrected chi connectivity index (χ4v) is 9.18. The second kappa shape index (κ2) is 10.6. The van der Waals surface area contributed by atoms with Gasteiger partial charge in [-0.3, -0.25) is 0 Å². The van der Waals surface area contributed by atoms with Crippen molar-refractivity contribution in [1.29, 1.82) is 0 Å². The van der Waals surface area contributed by atoms with Gasteiger partial charge < -0.3 is 13.9 Å². The van der Waals surface area contributed by atoms with Crippen molar-refractivity contribution in [1.82, 2.24) is 4.57 Å². The first-order valence-electron chi connectivity index (χ1n) is 16.9. The van der Waals surface area contributed by atoms with Crippen molar-refractivity contribution >= 4 is 103 Å². The molecule has 3 heterocycles. The Morgan fingerprint density at radius 3 is 2.02 bits per heavy atom. The van der Waals surface area contributed by atoms with E-state index in [1.807, 2.05) is 17.4 Å². The largest absolute Gasteiger partial charge is 0.456 e. The molecule has 0 unspecified atom stereocenters. The smallest absolute Gasteiger partial charge is 0.137 e. The van der Waals surface area contributed by atoms with Crippen LogP contribution in [0.1, 0.15) is 0 Å². The van der Waals surface area contributed by atoms with Crippen molar-refractivity contribution in [2.24, 2.45) is 0 Å². The topological polar surface area (TPSA) is 21.3 Å². The second-order valence-electron chi connectivity index (χ2n) is 12.9. The summed E-state index contributed by atoms with van der Waals surface area (Å²) in [5.41, 5.74) is 8.54. The van der Waals surface area contributed by atoms with E-state index in [1.54, 1.807) is 0 Å². The molecular formula is C46H28N2OS. The van der Waals surface area contributed by atoms with Crippen LogP contribution in [0.15, 0.2) is 174 Å². The molecule has 234 valence electrons. The first-order valence-corrected chi connectivity index (χ1v) is 17.8. The Morgan fingerprint density at radius 1 is 0.440 bits per heavy atom. The molecule has 0 atom stereocenters. The molecule has 0 radical (unpaired) electrons. The Morgan fingerprint density at radius 2 is 1.12 bits per heavy atom. The van der Waals surface area contributed by atoms with Crippen LogP contribution < -0.4 is 4.90 Å². The number of fused-ring (bicyclic) bond motifs is 11. The molecule has 0 aliphatic carbocycles. The molecule has 0 aliphatic heterocycles. The lowest BCUT2D eigenvalue weighted by Crippen LogP contribution is -2.11. The number of para-hydroxylation sites is 3.